The summed E-state index contributed by atoms with van der Waals surface area (Å²) in [4.78, 5) is 11.4. The van der Waals surface area contributed by atoms with Crippen LogP contribution < -0.4 is 5.32 Å². The van der Waals surface area contributed by atoms with Crippen LogP contribution in [0.4, 0.5) is 0 Å². The van der Waals surface area contributed by atoms with Crippen LogP contribution in [0, 0.1) is 0 Å². The molecule has 1 aromatic heterocycles. The maximum absolute atomic E-state index is 11.4. The van der Waals surface area contributed by atoms with Crippen molar-refractivity contribution in [3.05, 3.63) is 35.2 Å². The lowest BCUT2D eigenvalue weighted by Crippen LogP contribution is -2.41. The van der Waals surface area contributed by atoms with Crippen LogP contribution in [0.2, 0.25) is 0 Å². The minimum absolute atomic E-state index is 0.00843. The number of hydrogen-bond acceptors (Lipinski definition) is 2. The molecule has 0 unspecified atom stereocenters. The Morgan fingerprint density at radius 3 is 2.82 bits per heavy atom. The van der Waals surface area contributed by atoms with Gasteiger partial charge in [-0.1, -0.05) is 18.2 Å². The molecule has 1 amide bonds. The van der Waals surface area contributed by atoms with Crippen LogP contribution in [0.5, 0.6) is 0 Å². The molecular formula is C13H14ClNOS. The molecule has 0 spiro atoms. The number of rotatable bonds is 3. The lowest BCUT2D eigenvalue weighted by Gasteiger charge is -2.25. The molecule has 0 fully saturated rings. The normalized spacial score (nSPS) is 11.7. The fourth-order valence-electron chi connectivity index (χ4n) is 1.91. The van der Waals surface area contributed by atoms with E-state index < -0.39 is 5.54 Å². The highest BCUT2D eigenvalue weighted by Gasteiger charge is 2.25. The third kappa shape index (κ3) is 2.45. The molecule has 1 heterocycles. The van der Waals surface area contributed by atoms with Gasteiger partial charge in [-0.2, -0.15) is 0 Å². The van der Waals surface area contributed by atoms with Crippen molar-refractivity contribution in [3.8, 4) is 0 Å². The number of hydrogen-bond donors (Lipinski definition) is 1. The smallest absolute Gasteiger partial charge is 0.235 e. The lowest BCUT2D eigenvalue weighted by atomic mass is 9.94. The van der Waals surface area contributed by atoms with Crippen molar-refractivity contribution in [2.75, 3.05) is 5.88 Å². The first-order chi connectivity index (χ1) is 8.04. The Morgan fingerprint density at radius 2 is 2.12 bits per heavy atom. The van der Waals surface area contributed by atoms with E-state index in [2.05, 4.69) is 22.8 Å². The third-order valence-corrected chi connectivity index (χ3v) is 3.93. The largest absolute Gasteiger partial charge is 0.346 e. The summed E-state index contributed by atoms with van der Waals surface area (Å²) in [7, 11) is 0. The van der Waals surface area contributed by atoms with Gasteiger partial charge in [-0.25, -0.2) is 0 Å². The maximum atomic E-state index is 11.4. The maximum Gasteiger partial charge on any atom is 0.235 e. The van der Waals surface area contributed by atoms with Gasteiger partial charge in [-0.15, -0.1) is 22.9 Å². The second-order valence-corrected chi connectivity index (χ2v) is 5.63. The minimum atomic E-state index is -0.397. The van der Waals surface area contributed by atoms with Gasteiger partial charge in [0.25, 0.3) is 0 Å². The van der Waals surface area contributed by atoms with E-state index in [0.29, 0.717) is 0 Å². The number of benzene rings is 1. The first-order valence-corrected chi connectivity index (χ1v) is 6.79. The van der Waals surface area contributed by atoms with E-state index in [-0.39, 0.29) is 11.8 Å². The zero-order valence-corrected chi connectivity index (χ0v) is 11.4. The van der Waals surface area contributed by atoms with Crippen LogP contribution >= 0.6 is 22.9 Å². The molecule has 0 aliphatic carbocycles. The Bertz CT molecular complexity index is 547. The highest BCUT2D eigenvalue weighted by molar-refractivity contribution is 7.17. The van der Waals surface area contributed by atoms with Crippen molar-refractivity contribution in [2.45, 2.75) is 19.4 Å². The van der Waals surface area contributed by atoms with E-state index in [9.17, 15) is 4.79 Å². The van der Waals surface area contributed by atoms with Crippen molar-refractivity contribution in [1.82, 2.24) is 5.32 Å². The van der Waals surface area contributed by atoms with E-state index in [0.717, 1.165) is 5.56 Å². The number of thiophene rings is 1. The Hall–Kier alpha value is -1.06. The fraction of sp³-hybridized carbons (Fsp3) is 0.308. The van der Waals surface area contributed by atoms with Gasteiger partial charge in [0.05, 0.1) is 5.54 Å². The summed E-state index contributed by atoms with van der Waals surface area (Å²) in [5.74, 6) is -0.155. The first kappa shape index (κ1) is 12.4. The average Bonchev–Trinajstić information content (AvgIpc) is 2.72. The summed E-state index contributed by atoms with van der Waals surface area (Å²) in [6.45, 7) is 3.98. The number of halogens is 1. The molecule has 1 aromatic carbocycles. The van der Waals surface area contributed by atoms with Crippen LogP contribution in [0.3, 0.4) is 0 Å². The molecule has 90 valence electrons. The fourth-order valence-corrected chi connectivity index (χ4v) is 3.11. The highest BCUT2D eigenvalue weighted by Crippen LogP contribution is 2.33. The summed E-state index contributed by atoms with van der Waals surface area (Å²) in [6, 6.07) is 8.20. The SMILES string of the molecule is CC(C)(NC(=O)CCl)c1csc2ccccc12. The average molecular weight is 268 g/mol. The van der Waals surface area contributed by atoms with Gasteiger partial charge < -0.3 is 5.32 Å². The van der Waals surface area contributed by atoms with Gasteiger partial charge in [0, 0.05) is 4.70 Å². The molecule has 2 aromatic rings. The second kappa shape index (κ2) is 4.67. The lowest BCUT2D eigenvalue weighted by molar-refractivity contribution is -0.120. The number of nitrogens with one attached hydrogen (secondary N) is 1. The van der Waals surface area contributed by atoms with Gasteiger partial charge in [-0.3, -0.25) is 4.79 Å². The van der Waals surface area contributed by atoms with E-state index in [1.807, 2.05) is 26.0 Å². The Balaban J connectivity index is 2.41. The summed E-state index contributed by atoms with van der Waals surface area (Å²) in [6.07, 6.45) is 0. The molecule has 0 aliphatic heterocycles. The summed E-state index contributed by atoms with van der Waals surface area (Å²) in [5.41, 5.74) is 0.738. The van der Waals surface area contributed by atoms with Crippen LogP contribution in [-0.2, 0) is 10.3 Å². The summed E-state index contributed by atoms with van der Waals surface area (Å²) < 4.78 is 1.23. The van der Waals surface area contributed by atoms with Crippen LogP contribution in [0.15, 0.2) is 29.6 Å². The van der Waals surface area contributed by atoms with Crippen molar-refractivity contribution >= 4 is 38.9 Å². The van der Waals surface area contributed by atoms with Gasteiger partial charge >= 0.3 is 0 Å². The molecule has 0 aliphatic rings. The third-order valence-electron chi connectivity index (χ3n) is 2.73. The molecule has 0 saturated carbocycles. The van der Waals surface area contributed by atoms with Crippen LogP contribution in [0.1, 0.15) is 19.4 Å². The molecule has 17 heavy (non-hydrogen) atoms. The quantitative estimate of drug-likeness (QED) is 0.848. The molecular weight excluding hydrogens is 254 g/mol. The van der Waals surface area contributed by atoms with E-state index >= 15 is 0 Å². The zero-order valence-electron chi connectivity index (χ0n) is 9.79. The van der Waals surface area contributed by atoms with Crippen molar-refractivity contribution in [2.24, 2.45) is 0 Å². The number of fused-ring (bicyclic) bond motifs is 1. The van der Waals surface area contributed by atoms with Gasteiger partial charge in [0.1, 0.15) is 5.88 Å². The highest BCUT2D eigenvalue weighted by atomic mass is 35.5. The standard InChI is InChI=1S/C13H14ClNOS/c1-13(2,15-12(16)7-14)10-8-17-11-6-4-3-5-9(10)11/h3-6,8H,7H2,1-2H3,(H,15,16). The Morgan fingerprint density at radius 1 is 1.41 bits per heavy atom. The topological polar surface area (TPSA) is 29.1 Å². The summed E-state index contributed by atoms with van der Waals surface area (Å²) >= 11 is 7.22. The predicted molar refractivity (Wildman–Crippen MR) is 73.7 cm³/mol. The Kier molecular flexibility index (Phi) is 3.40. The van der Waals surface area contributed by atoms with Crippen molar-refractivity contribution < 1.29 is 4.79 Å². The predicted octanol–water partition coefficient (Wildman–Crippen LogP) is 3.49. The number of alkyl halides is 1. The minimum Gasteiger partial charge on any atom is -0.346 e. The van der Waals surface area contributed by atoms with E-state index in [1.165, 1.54) is 10.1 Å². The summed E-state index contributed by atoms with van der Waals surface area (Å²) in [5, 5.41) is 6.22. The molecule has 0 saturated heterocycles. The molecule has 0 radical (unpaired) electrons. The molecule has 1 N–H and O–H groups in total. The molecule has 2 rings (SSSR count). The van der Waals surface area contributed by atoms with E-state index in [1.54, 1.807) is 11.3 Å². The zero-order chi connectivity index (χ0) is 12.5. The number of carbonyl (C=O) groups excluding carboxylic acids is 1. The van der Waals surface area contributed by atoms with Gasteiger partial charge in [-0.05, 0) is 36.2 Å². The van der Waals surface area contributed by atoms with E-state index in [4.69, 9.17) is 11.6 Å². The second-order valence-electron chi connectivity index (χ2n) is 4.45. The molecule has 4 heteroatoms. The van der Waals surface area contributed by atoms with Crippen molar-refractivity contribution in [3.63, 3.8) is 0 Å². The Labute approximate surface area is 110 Å². The number of amides is 1. The molecule has 2 nitrogen and oxygen atoms in total. The monoisotopic (exact) mass is 267 g/mol. The van der Waals surface area contributed by atoms with Crippen LogP contribution in [-0.4, -0.2) is 11.8 Å². The molecule has 0 bridgehead atoms. The van der Waals surface area contributed by atoms with Gasteiger partial charge in [0.2, 0.25) is 5.91 Å². The first-order valence-electron chi connectivity index (χ1n) is 5.38. The number of carbonyl (C=O) groups is 1. The van der Waals surface area contributed by atoms with Gasteiger partial charge in [0.15, 0.2) is 0 Å². The van der Waals surface area contributed by atoms with Crippen LogP contribution in [0.25, 0.3) is 10.1 Å². The van der Waals surface area contributed by atoms with Crippen molar-refractivity contribution in [1.29, 1.82) is 0 Å². The molecule has 0 atom stereocenters.